The van der Waals surface area contributed by atoms with Gasteiger partial charge in [0.05, 0.1) is 18.2 Å². The van der Waals surface area contributed by atoms with Crippen LogP contribution in [0.2, 0.25) is 0 Å². The maximum absolute atomic E-state index is 12.5. The van der Waals surface area contributed by atoms with Gasteiger partial charge in [-0.25, -0.2) is 4.79 Å². The highest BCUT2D eigenvalue weighted by atomic mass is 16.4. The molecule has 0 heterocycles. The van der Waals surface area contributed by atoms with E-state index in [9.17, 15) is 14.7 Å². The number of hydrogen-bond donors (Lipinski definition) is 2. The summed E-state index contributed by atoms with van der Waals surface area (Å²) in [6.07, 6.45) is 0.144. The van der Waals surface area contributed by atoms with E-state index in [0.29, 0.717) is 19.4 Å². The summed E-state index contributed by atoms with van der Waals surface area (Å²) in [4.78, 5) is 25.0. The number of aliphatic hydroxyl groups excluding tert-OH is 1. The summed E-state index contributed by atoms with van der Waals surface area (Å²) >= 11 is 0. The second kappa shape index (κ2) is 9.15. The van der Waals surface area contributed by atoms with Crippen molar-refractivity contribution in [3.05, 3.63) is 70.8 Å². The predicted molar refractivity (Wildman–Crippen MR) is 100 cm³/mol. The summed E-state index contributed by atoms with van der Waals surface area (Å²) in [6.45, 7) is 4.67. The van der Waals surface area contributed by atoms with Gasteiger partial charge in [-0.05, 0) is 43.5 Å². The van der Waals surface area contributed by atoms with Crippen molar-refractivity contribution in [2.24, 2.45) is 0 Å². The average molecular weight is 355 g/mol. The molecular weight excluding hydrogens is 330 g/mol. The van der Waals surface area contributed by atoms with Gasteiger partial charge in [0.15, 0.2) is 0 Å². The number of amides is 1. The molecule has 1 unspecified atom stereocenters. The molecule has 2 aromatic carbocycles. The van der Waals surface area contributed by atoms with Crippen LogP contribution in [-0.4, -0.2) is 40.1 Å². The van der Waals surface area contributed by atoms with Crippen molar-refractivity contribution in [1.82, 2.24) is 4.90 Å². The lowest BCUT2D eigenvalue weighted by Gasteiger charge is -2.24. The molecule has 0 saturated carbocycles. The Morgan fingerprint density at radius 3 is 2.19 bits per heavy atom. The Bertz CT molecular complexity index is 738. The molecule has 26 heavy (non-hydrogen) atoms. The molecule has 0 saturated heterocycles. The fraction of sp³-hybridized carbons (Fsp3) is 0.333. The summed E-state index contributed by atoms with van der Waals surface area (Å²) in [5.41, 5.74) is 3.07. The Morgan fingerprint density at radius 1 is 1.04 bits per heavy atom. The fourth-order valence-corrected chi connectivity index (χ4v) is 2.73. The predicted octanol–water partition coefficient (Wildman–Crippen LogP) is 3.21. The summed E-state index contributed by atoms with van der Waals surface area (Å²) in [7, 11) is 0. The van der Waals surface area contributed by atoms with E-state index in [4.69, 9.17) is 5.11 Å². The molecule has 2 N–H and O–H groups in total. The molecule has 2 aromatic rings. The molecule has 0 aliphatic carbocycles. The lowest BCUT2D eigenvalue weighted by Crippen LogP contribution is -2.34. The number of aryl methyl sites for hydroxylation is 2. The molecule has 0 bridgehead atoms. The zero-order chi connectivity index (χ0) is 19.1. The van der Waals surface area contributed by atoms with Gasteiger partial charge >= 0.3 is 5.97 Å². The molecule has 0 aromatic heterocycles. The Morgan fingerprint density at radius 2 is 1.65 bits per heavy atom. The van der Waals surface area contributed by atoms with Crippen LogP contribution in [0.25, 0.3) is 0 Å². The quantitative estimate of drug-likeness (QED) is 0.762. The van der Waals surface area contributed by atoms with Crippen molar-refractivity contribution >= 4 is 11.9 Å². The molecule has 138 valence electrons. The number of nitrogens with zero attached hydrogens (tertiary/aromatic N) is 1. The van der Waals surface area contributed by atoms with Gasteiger partial charge < -0.3 is 15.1 Å². The second-order valence-electron chi connectivity index (χ2n) is 6.36. The number of hydrogen-bond acceptors (Lipinski definition) is 3. The molecule has 0 aliphatic heterocycles. The van der Waals surface area contributed by atoms with E-state index in [-0.39, 0.29) is 18.0 Å². The third-order valence-corrected chi connectivity index (χ3v) is 4.42. The third kappa shape index (κ3) is 5.43. The minimum Gasteiger partial charge on any atom is -0.478 e. The van der Waals surface area contributed by atoms with E-state index in [1.54, 1.807) is 29.2 Å². The smallest absolute Gasteiger partial charge is 0.335 e. The number of benzene rings is 2. The molecule has 1 amide bonds. The van der Waals surface area contributed by atoms with Crippen LogP contribution in [-0.2, 0) is 11.2 Å². The zero-order valence-electron chi connectivity index (χ0n) is 15.2. The Balaban J connectivity index is 1.91. The number of aromatic carboxylic acids is 1. The molecule has 0 fully saturated rings. The van der Waals surface area contributed by atoms with Gasteiger partial charge in [-0.2, -0.15) is 0 Å². The molecule has 1 atom stereocenters. The van der Waals surface area contributed by atoms with Gasteiger partial charge in [0.1, 0.15) is 0 Å². The number of carbonyl (C=O) groups excluding carboxylic acids is 1. The molecule has 5 heteroatoms. The fourth-order valence-electron chi connectivity index (χ4n) is 2.73. The maximum Gasteiger partial charge on any atom is 0.335 e. The minimum atomic E-state index is -0.963. The van der Waals surface area contributed by atoms with E-state index < -0.39 is 12.1 Å². The number of carboxylic acid groups (broad SMARTS) is 1. The van der Waals surface area contributed by atoms with E-state index in [1.807, 2.05) is 38.1 Å². The summed E-state index contributed by atoms with van der Waals surface area (Å²) < 4.78 is 0. The van der Waals surface area contributed by atoms with Crippen molar-refractivity contribution in [1.29, 1.82) is 0 Å². The first-order chi connectivity index (χ1) is 12.4. The SMILES string of the molecule is CCN(CC(O)c1ccc(C)cc1)C(=O)CCc1ccc(C(=O)O)cc1. The van der Waals surface area contributed by atoms with Crippen molar-refractivity contribution in [2.45, 2.75) is 32.8 Å². The Hall–Kier alpha value is -2.66. The summed E-state index contributed by atoms with van der Waals surface area (Å²) in [5.74, 6) is -0.990. The number of rotatable bonds is 8. The standard InChI is InChI=1S/C21H25NO4/c1-3-22(14-19(23)17-9-4-15(2)5-10-17)20(24)13-8-16-6-11-18(12-7-16)21(25)26/h4-7,9-12,19,23H,3,8,13-14H2,1-2H3,(H,25,26). The van der Waals surface area contributed by atoms with E-state index in [2.05, 4.69) is 0 Å². The van der Waals surface area contributed by atoms with E-state index in [0.717, 1.165) is 16.7 Å². The van der Waals surface area contributed by atoms with Gasteiger partial charge in [0.25, 0.3) is 0 Å². The van der Waals surface area contributed by atoms with Crippen molar-refractivity contribution in [2.75, 3.05) is 13.1 Å². The number of carboxylic acids is 1. The normalized spacial score (nSPS) is 11.8. The second-order valence-corrected chi connectivity index (χ2v) is 6.36. The van der Waals surface area contributed by atoms with E-state index in [1.165, 1.54) is 0 Å². The van der Waals surface area contributed by atoms with Crippen LogP contribution in [0.3, 0.4) is 0 Å². The molecular formula is C21H25NO4. The largest absolute Gasteiger partial charge is 0.478 e. The van der Waals surface area contributed by atoms with Crippen LogP contribution in [0.15, 0.2) is 48.5 Å². The van der Waals surface area contributed by atoms with Gasteiger partial charge in [0.2, 0.25) is 5.91 Å². The third-order valence-electron chi connectivity index (χ3n) is 4.42. The topological polar surface area (TPSA) is 77.8 Å². The van der Waals surface area contributed by atoms with E-state index >= 15 is 0 Å². The highest BCUT2D eigenvalue weighted by Crippen LogP contribution is 2.16. The van der Waals surface area contributed by atoms with Crippen LogP contribution >= 0.6 is 0 Å². The zero-order valence-corrected chi connectivity index (χ0v) is 15.2. The van der Waals surface area contributed by atoms with Crippen LogP contribution in [0.5, 0.6) is 0 Å². The van der Waals surface area contributed by atoms with Crippen molar-refractivity contribution in [3.63, 3.8) is 0 Å². The molecule has 0 radical (unpaired) electrons. The number of likely N-dealkylation sites (N-methyl/N-ethyl adjacent to an activating group) is 1. The van der Waals surface area contributed by atoms with Gasteiger partial charge in [0, 0.05) is 13.0 Å². The van der Waals surface area contributed by atoms with Crippen LogP contribution < -0.4 is 0 Å². The molecule has 5 nitrogen and oxygen atoms in total. The highest BCUT2D eigenvalue weighted by molar-refractivity contribution is 5.87. The van der Waals surface area contributed by atoms with Crippen LogP contribution in [0, 0.1) is 6.92 Å². The summed E-state index contributed by atoms with van der Waals surface area (Å²) in [5, 5.41) is 19.3. The molecule has 0 spiro atoms. The minimum absolute atomic E-state index is 0.0269. The Kier molecular flexibility index (Phi) is 6.92. The Labute approximate surface area is 153 Å². The first-order valence-corrected chi connectivity index (χ1v) is 8.75. The average Bonchev–Trinajstić information content (AvgIpc) is 2.64. The van der Waals surface area contributed by atoms with Crippen molar-refractivity contribution < 1.29 is 19.8 Å². The monoisotopic (exact) mass is 355 g/mol. The van der Waals surface area contributed by atoms with Gasteiger partial charge in [-0.15, -0.1) is 0 Å². The first kappa shape index (κ1) is 19.7. The summed E-state index contributed by atoms with van der Waals surface area (Å²) in [6, 6.07) is 14.2. The van der Waals surface area contributed by atoms with Crippen molar-refractivity contribution in [3.8, 4) is 0 Å². The molecule has 2 rings (SSSR count). The van der Waals surface area contributed by atoms with Crippen LogP contribution in [0.4, 0.5) is 0 Å². The first-order valence-electron chi connectivity index (χ1n) is 8.75. The number of aliphatic hydroxyl groups is 1. The van der Waals surface area contributed by atoms with Gasteiger partial charge in [-0.1, -0.05) is 42.0 Å². The van der Waals surface area contributed by atoms with Crippen LogP contribution in [0.1, 0.15) is 46.5 Å². The maximum atomic E-state index is 12.5. The van der Waals surface area contributed by atoms with Gasteiger partial charge in [-0.3, -0.25) is 4.79 Å². The number of carbonyl (C=O) groups is 2. The lowest BCUT2D eigenvalue weighted by molar-refractivity contribution is -0.132. The molecule has 0 aliphatic rings. The lowest BCUT2D eigenvalue weighted by atomic mass is 10.1. The highest BCUT2D eigenvalue weighted by Gasteiger charge is 2.17.